The fraction of sp³-hybridized carbons (Fsp3) is 1.00. The summed E-state index contributed by atoms with van der Waals surface area (Å²) >= 11 is 0. The maximum Gasteiger partial charge on any atom is 0.0246 e. The van der Waals surface area contributed by atoms with Crippen LogP contribution in [0.1, 0.15) is 51.9 Å². The van der Waals surface area contributed by atoms with Crippen LogP contribution < -0.4 is 5.73 Å². The van der Waals surface area contributed by atoms with Gasteiger partial charge < -0.3 is 15.5 Å². The van der Waals surface area contributed by atoms with Crippen molar-refractivity contribution in [3.8, 4) is 0 Å². The van der Waals surface area contributed by atoms with Crippen LogP contribution in [-0.4, -0.2) is 55.6 Å². The molecular formula is C17H35N3. The number of hydrogen-bond acceptors (Lipinski definition) is 3. The van der Waals surface area contributed by atoms with Crippen LogP contribution in [0.3, 0.4) is 0 Å². The van der Waals surface area contributed by atoms with Gasteiger partial charge in [-0.15, -0.1) is 0 Å². The van der Waals surface area contributed by atoms with Gasteiger partial charge >= 0.3 is 0 Å². The zero-order valence-electron chi connectivity index (χ0n) is 13.9. The van der Waals surface area contributed by atoms with Gasteiger partial charge in [0.2, 0.25) is 0 Å². The molecule has 1 aliphatic heterocycles. The molecular weight excluding hydrogens is 246 g/mol. The minimum atomic E-state index is 0.402. The number of rotatable bonds is 5. The molecule has 0 amide bonds. The number of hydrogen-bond donors (Lipinski definition) is 1. The highest BCUT2D eigenvalue weighted by Gasteiger charge is 2.31. The van der Waals surface area contributed by atoms with Crippen molar-refractivity contribution >= 4 is 0 Å². The van der Waals surface area contributed by atoms with Crippen LogP contribution in [0.15, 0.2) is 0 Å². The van der Waals surface area contributed by atoms with Crippen molar-refractivity contribution in [2.75, 3.05) is 33.7 Å². The lowest BCUT2D eigenvalue weighted by Crippen LogP contribution is -2.51. The summed E-state index contributed by atoms with van der Waals surface area (Å²) in [5, 5.41) is 0. The van der Waals surface area contributed by atoms with Gasteiger partial charge in [0.05, 0.1) is 0 Å². The Morgan fingerprint density at radius 1 is 1.10 bits per heavy atom. The molecule has 3 unspecified atom stereocenters. The number of piperidine rings is 1. The summed E-state index contributed by atoms with van der Waals surface area (Å²) in [6.45, 7) is 6.11. The SMILES string of the molecule is CCCC1CCC(N)C(N(C)CC2CCN(C)CC2)C1. The summed E-state index contributed by atoms with van der Waals surface area (Å²) in [7, 11) is 4.56. The van der Waals surface area contributed by atoms with Gasteiger partial charge in [-0.25, -0.2) is 0 Å². The molecule has 1 heterocycles. The Kier molecular flexibility index (Phi) is 6.31. The van der Waals surface area contributed by atoms with Crippen molar-refractivity contribution in [3.05, 3.63) is 0 Å². The first-order chi connectivity index (χ1) is 9.60. The van der Waals surface area contributed by atoms with E-state index in [1.54, 1.807) is 0 Å². The molecule has 3 nitrogen and oxygen atoms in total. The first-order valence-electron chi connectivity index (χ1n) is 8.74. The van der Waals surface area contributed by atoms with Gasteiger partial charge in [0.25, 0.3) is 0 Å². The molecule has 2 N–H and O–H groups in total. The number of nitrogens with zero attached hydrogens (tertiary/aromatic N) is 2. The molecule has 3 heteroatoms. The van der Waals surface area contributed by atoms with Crippen LogP contribution in [0.25, 0.3) is 0 Å². The largest absolute Gasteiger partial charge is 0.326 e. The molecule has 118 valence electrons. The van der Waals surface area contributed by atoms with Gasteiger partial charge in [-0.3, -0.25) is 0 Å². The van der Waals surface area contributed by atoms with Crippen molar-refractivity contribution in [1.82, 2.24) is 9.80 Å². The van der Waals surface area contributed by atoms with Gasteiger partial charge in [0.15, 0.2) is 0 Å². The third-order valence-electron chi connectivity index (χ3n) is 5.62. The van der Waals surface area contributed by atoms with E-state index in [1.807, 2.05) is 0 Å². The lowest BCUT2D eigenvalue weighted by molar-refractivity contribution is 0.0986. The summed E-state index contributed by atoms with van der Waals surface area (Å²) in [5.41, 5.74) is 6.42. The third-order valence-corrected chi connectivity index (χ3v) is 5.62. The van der Waals surface area contributed by atoms with Crippen LogP contribution in [0.2, 0.25) is 0 Å². The Balaban J connectivity index is 1.81. The van der Waals surface area contributed by atoms with E-state index >= 15 is 0 Å². The topological polar surface area (TPSA) is 32.5 Å². The average molecular weight is 281 g/mol. The molecule has 3 atom stereocenters. The smallest absolute Gasteiger partial charge is 0.0246 e. The normalized spacial score (nSPS) is 33.8. The van der Waals surface area contributed by atoms with Crippen molar-refractivity contribution in [2.24, 2.45) is 17.6 Å². The Morgan fingerprint density at radius 2 is 1.80 bits per heavy atom. The molecule has 0 bridgehead atoms. The zero-order valence-corrected chi connectivity index (χ0v) is 13.9. The molecule has 1 aliphatic carbocycles. The second-order valence-corrected chi connectivity index (χ2v) is 7.39. The Labute approximate surface area is 125 Å². The van der Waals surface area contributed by atoms with Gasteiger partial charge in [0.1, 0.15) is 0 Å². The average Bonchev–Trinajstić information content (AvgIpc) is 2.43. The predicted octanol–water partition coefficient (Wildman–Crippen LogP) is 2.56. The highest BCUT2D eigenvalue weighted by Crippen LogP contribution is 2.30. The summed E-state index contributed by atoms with van der Waals surface area (Å²) in [6, 6.07) is 1.03. The highest BCUT2D eigenvalue weighted by atomic mass is 15.2. The first-order valence-corrected chi connectivity index (χ1v) is 8.74. The van der Waals surface area contributed by atoms with Gasteiger partial charge in [0, 0.05) is 18.6 Å². The van der Waals surface area contributed by atoms with Crippen LogP contribution >= 0.6 is 0 Å². The molecule has 1 saturated heterocycles. The molecule has 2 aliphatic rings. The van der Waals surface area contributed by atoms with Crippen LogP contribution in [0.5, 0.6) is 0 Å². The van der Waals surface area contributed by atoms with Crippen molar-refractivity contribution in [3.63, 3.8) is 0 Å². The molecule has 2 rings (SSSR count). The van der Waals surface area contributed by atoms with Gasteiger partial charge in [-0.2, -0.15) is 0 Å². The van der Waals surface area contributed by atoms with Crippen molar-refractivity contribution < 1.29 is 0 Å². The fourth-order valence-corrected chi connectivity index (χ4v) is 4.22. The summed E-state index contributed by atoms with van der Waals surface area (Å²) < 4.78 is 0. The quantitative estimate of drug-likeness (QED) is 0.840. The zero-order chi connectivity index (χ0) is 14.5. The minimum absolute atomic E-state index is 0.402. The van der Waals surface area contributed by atoms with E-state index in [0.717, 1.165) is 11.8 Å². The van der Waals surface area contributed by atoms with E-state index in [0.29, 0.717) is 12.1 Å². The Morgan fingerprint density at radius 3 is 2.45 bits per heavy atom. The standard InChI is InChI=1S/C17H35N3/c1-4-5-14-6-7-16(18)17(12-14)20(3)13-15-8-10-19(2)11-9-15/h14-17H,4-13,18H2,1-3H3. The second kappa shape index (κ2) is 7.77. The summed E-state index contributed by atoms with van der Waals surface area (Å²) in [4.78, 5) is 5.06. The van der Waals surface area contributed by atoms with Gasteiger partial charge in [-0.1, -0.05) is 19.8 Å². The maximum absolute atomic E-state index is 6.42. The van der Waals surface area contributed by atoms with E-state index in [-0.39, 0.29) is 0 Å². The third kappa shape index (κ3) is 4.44. The first kappa shape index (κ1) is 16.3. The van der Waals surface area contributed by atoms with E-state index in [9.17, 15) is 0 Å². The molecule has 0 radical (unpaired) electrons. The van der Waals surface area contributed by atoms with E-state index in [2.05, 4.69) is 30.8 Å². The lowest BCUT2D eigenvalue weighted by atomic mass is 9.79. The van der Waals surface area contributed by atoms with E-state index < -0.39 is 0 Å². The molecule has 0 aromatic carbocycles. The monoisotopic (exact) mass is 281 g/mol. The highest BCUT2D eigenvalue weighted by molar-refractivity contribution is 4.89. The second-order valence-electron chi connectivity index (χ2n) is 7.39. The number of likely N-dealkylation sites (N-methyl/N-ethyl adjacent to an activating group) is 1. The van der Waals surface area contributed by atoms with Crippen LogP contribution in [0, 0.1) is 11.8 Å². The predicted molar refractivity (Wildman–Crippen MR) is 86.9 cm³/mol. The fourth-order valence-electron chi connectivity index (χ4n) is 4.22. The van der Waals surface area contributed by atoms with E-state index in [1.165, 1.54) is 64.6 Å². The van der Waals surface area contributed by atoms with Gasteiger partial charge in [-0.05, 0) is 71.1 Å². The number of nitrogens with two attached hydrogens (primary N) is 1. The summed E-state index contributed by atoms with van der Waals surface area (Å²) in [6.07, 6.45) is 9.36. The molecule has 0 aromatic rings. The lowest BCUT2D eigenvalue weighted by Gasteiger charge is -2.42. The molecule has 20 heavy (non-hydrogen) atoms. The molecule has 2 fully saturated rings. The number of likely N-dealkylation sites (tertiary alicyclic amines) is 1. The molecule has 1 saturated carbocycles. The van der Waals surface area contributed by atoms with Crippen LogP contribution in [0.4, 0.5) is 0 Å². The van der Waals surface area contributed by atoms with E-state index in [4.69, 9.17) is 5.73 Å². The maximum atomic E-state index is 6.42. The minimum Gasteiger partial charge on any atom is -0.326 e. The Bertz CT molecular complexity index is 273. The molecule has 0 aromatic heterocycles. The Hall–Kier alpha value is -0.120. The van der Waals surface area contributed by atoms with Crippen molar-refractivity contribution in [1.29, 1.82) is 0 Å². The summed E-state index contributed by atoms with van der Waals surface area (Å²) in [5.74, 6) is 1.81. The van der Waals surface area contributed by atoms with Crippen molar-refractivity contribution in [2.45, 2.75) is 64.0 Å². The molecule has 0 spiro atoms. The van der Waals surface area contributed by atoms with Crippen LogP contribution in [-0.2, 0) is 0 Å².